The van der Waals surface area contributed by atoms with E-state index in [1.807, 2.05) is 12.1 Å². The predicted octanol–water partition coefficient (Wildman–Crippen LogP) is 6.04. The van der Waals surface area contributed by atoms with Crippen LogP contribution in [0.4, 0.5) is 10.3 Å². The zero-order valence-corrected chi connectivity index (χ0v) is 31.1. The van der Waals surface area contributed by atoms with Gasteiger partial charge in [0.25, 0.3) is 0 Å². The molecule has 3 aliphatic rings. The molecular formula is C37H52N8O2S2. The largest absolute Gasteiger partial charge is 0.497 e. The SMILES string of the molecule is CCCCc1nsc(N2CCN(CCc3cccc(OC)c3)CC2)n1.COc1cccc(CCN2CCN(c3nc(C4CC4)ns3)CC2)c1. The molecule has 0 atom stereocenters. The molecule has 0 radical (unpaired) electrons. The summed E-state index contributed by atoms with van der Waals surface area (Å²) in [6.45, 7) is 13.0. The Morgan fingerprint density at radius 1 is 0.673 bits per heavy atom. The molecule has 0 N–H and O–H groups in total. The second-order valence-electron chi connectivity index (χ2n) is 13.2. The lowest BCUT2D eigenvalue weighted by Gasteiger charge is -2.34. The van der Waals surface area contributed by atoms with Crippen LogP contribution in [0, 0.1) is 0 Å². The third kappa shape index (κ3) is 10.6. The summed E-state index contributed by atoms with van der Waals surface area (Å²) in [6, 6.07) is 16.8. The first-order valence-corrected chi connectivity index (χ1v) is 19.5. The molecule has 0 bridgehead atoms. The first kappa shape index (κ1) is 35.5. The number of anilines is 2. The van der Waals surface area contributed by atoms with Crippen LogP contribution < -0.4 is 19.3 Å². The third-order valence-electron chi connectivity index (χ3n) is 9.57. The number of aryl methyl sites for hydroxylation is 1. The van der Waals surface area contributed by atoms with Crippen molar-refractivity contribution < 1.29 is 9.47 Å². The summed E-state index contributed by atoms with van der Waals surface area (Å²) in [5.41, 5.74) is 2.68. The van der Waals surface area contributed by atoms with E-state index in [2.05, 4.69) is 71.7 Å². The van der Waals surface area contributed by atoms with Gasteiger partial charge in [0.15, 0.2) is 0 Å². The van der Waals surface area contributed by atoms with Gasteiger partial charge in [0.05, 0.1) is 14.2 Å². The van der Waals surface area contributed by atoms with Gasteiger partial charge in [0.2, 0.25) is 10.3 Å². The van der Waals surface area contributed by atoms with Crippen LogP contribution in [0.15, 0.2) is 48.5 Å². The van der Waals surface area contributed by atoms with E-state index in [9.17, 15) is 0 Å². The van der Waals surface area contributed by atoms with E-state index in [1.165, 1.54) is 36.8 Å². The molecule has 2 aliphatic heterocycles. The van der Waals surface area contributed by atoms with Crippen molar-refractivity contribution in [1.82, 2.24) is 28.5 Å². The van der Waals surface area contributed by atoms with Gasteiger partial charge in [0.1, 0.15) is 23.1 Å². The number of hydrogen-bond acceptors (Lipinski definition) is 12. The number of benzene rings is 2. The highest BCUT2D eigenvalue weighted by Gasteiger charge is 2.29. The Kier molecular flexibility index (Phi) is 13.1. The second-order valence-corrected chi connectivity index (χ2v) is 14.6. The van der Waals surface area contributed by atoms with Gasteiger partial charge in [-0.2, -0.15) is 8.75 Å². The Labute approximate surface area is 300 Å². The third-order valence-corrected chi connectivity index (χ3v) is 11.2. The summed E-state index contributed by atoms with van der Waals surface area (Å²) in [5, 5.41) is 2.21. The molecule has 1 saturated carbocycles. The van der Waals surface area contributed by atoms with Crippen LogP contribution in [-0.4, -0.2) is 108 Å². The van der Waals surface area contributed by atoms with Crippen molar-refractivity contribution in [3.63, 3.8) is 0 Å². The summed E-state index contributed by atoms with van der Waals surface area (Å²) in [4.78, 5) is 19.3. The van der Waals surface area contributed by atoms with Crippen LogP contribution in [0.1, 0.15) is 61.3 Å². The van der Waals surface area contributed by atoms with Crippen molar-refractivity contribution in [2.24, 2.45) is 0 Å². The van der Waals surface area contributed by atoms with Crippen LogP contribution in [0.5, 0.6) is 11.5 Å². The van der Waals surface area contributed by atoms with Crippen LogP contribution in [0.2, 0.25) is 0 Å². The number of methoxy groups -OCH3 is 2. The maximum atomic E-state index is 5.30. The molecule has 2 saturated heterocycles. The first-order valence-electron chi connectivity index (χ1n) is 18.0. The van der Waals surface area contributed by atoms with E-state index >= 15 is 0 Å². The normalized spacial score (nSPS) is 17.1. The highest BCUT2D eigenvalue weighted by molar-refractivity contribution is 7.10. The number of rotatable bonds is 14. The van der Waals surface area contributed by atoms with Crippen molar-refractivity contribution >= 4 is 33.3 Å². The smallest absolute Gasteiger partial charge is 0.205 e. The minimum Gasteiger partial charge on any atom is -0.497 e. The highest BCUT2D eigenvalue weighted by Crippen LogP contribution is 2.39. The summed E-state index contributed by atoms with van der Waals surface area (Å²) >= 11 is 3.13. The van der Waals surface area contributed by atoms with Gasteiger partial charge in [-0.05, 0) is 67.5 Å². The molecule has 264 valence electrons. The van der Waals surface area contributed by atoms with Gasteiger partial charge in [-0.15, -0.1) is 0 Å². The lowest BCUT2D eigenvalue weighted by atomic mass is 10.1. The number of unbranched alkanes of at least 4 members (excludes halogenated alkanes) is 1. The number of hydrogen-bond donors (Lipinski definition) is 0. The van der Waals surface area contributed by atoms with E-state index in [0.29, 0.717) is 5.92 Å². The van der Waals surface area contributed by atoms with E-state index in [1.54, 1.807) is 37.3 Å². The van der Waals surface area contributed by atoms with Crippen molar-refractivity contribution in [3.05, 3.63) is 71.3 Å². The summed E-state index contributed by atoms with van der Waals surface area (Å²) in [6.07, 6.45) is 8.06. The molecule has 0 amide bonds. The van der Waals surface area contributed by atoms with Gasteiger partial charge >= 0.3 is 0 Å². The molecule has 7 rings (SSSR count). The van der Waals surface area contributed by atoms with Gasteiger partial charge < -0.3 is 19.3 Å². The fraction of sp³-hybridized carbons (Fsp3) is 0.568. The molecule has 4 heterocycles. The number of aromatic nitrogens is 4. The maximum Gasteiger partial charge on any atom is 0.205 e. The van der Waals surface area contributed by atoms with E-state index in [-0.39, 0.29) is 0 Å². The molecule has 10 nitrogen and oxygen atoms in total. The van der Waals surface area contributed by atoms with Crippen molar-refractivity contribution in [1.29, 1.82) is 0 Å². The Morgan fingerprint density at radius 3 is 1.71 bits per heavy atom. The number of ether oxygens (including phenoxy) is 2. The lowest BCUT2D eigenvalue weighted by molar-refractivity contribution is 0.261. The van der Waals surface area contributed by atoms with Gasteiger partial charge in [0, 0.05) is 101 Å². The minimum atomic E-state index is 0.652. The van der Waals surface area contributed by atoms with Crippen molar-refractivity contribution in [3.8, 4) is 11.5 Å². The summed E-state index contributed by atoms with van der Waals surface area (Å²) < 4.78 is 19.6. The molecule has 0 unspecified atom stereocenters. The van der Waals surface area contributed by atoms with E-state index in [0.717, 1.165) is 118 Å². The highest BCUT2D eigenvalue weighted by atomic mass is 32.1. The Bertz CT molecular complexity index is 1560. The van der Waals surface area contributed by atoms with Crippen LogP contribution in [0.3, 0.4) is 0 Å². The quantitative estimate of drug-likeness (QED) is 0.155. The number of nitrogens with zero attached hydrogens (tertiary/aromatic N) is 8. The zero-order valence-electron chi connectivity index (χ0n) is 29.4. The fourth-order valence-electron chi connectivity index (χ4n) is 6.23. The molecule has 2 aromatic carbocycles. The molecule has 49 heavy (non-hydrogen) atoms. The van der Waals surface area contributed by atoms with E-state index in [4.69, 9.17) is 19.4 Å². The maximum absolute atomic E-state index is 5.30. The summed E-state index contributed by atoms with van der Waals surface area (Å²) in [7, 11) is 3.44. The van der Waals surface area contributed by atoms with Gasteiger partial charge in [-0.25, -0.2) is 9.97 Å². The predicted molar refractivity (Wildman–Crippen MR) is 201 cm³/mol. The van der Waals surface area contributed by atoms with E-state index < -0.39 is 0 Å². The Balaban J connectivity index is 0.000000170. The van der Waals surface area contributed by atoms with Crippen LogP contribution >= 0.6 is 23.1 Å². The minimum absolute atomic E-state index is 0.652. The van der Waals surface area contributed by atoms with Gasteiger partial charge in [-0.1, -0.05) is 37.6 Å². The molecule has 3 fully saturated rings. The molecule has 4 aromatic rings. The van der Waals surface area contributed by atoms with Crippen LogP contribution in [-0.2, 0) is 19.3 Å². The summed E-state index contributed by atoms with van der Waals surface area (Å²) in [5.74, 6) is 4.63. The Hall–Kier alpha value is -3.32. The molecular weight excluding hydrogens is 653 g/mol. The first-order chi connectivity index (χ1) is 24.1. The Morgan fingerprint density at radius 2 is 1.20 bits per heavy atom. The van der Waals surface area contributed by atoms with Crippen molar-refractivity contribution in [2.75, 3.05) is 89.5 Å². The van der Waals surface area contributed by atoms with Gasteiger partial charge in [-0.3, -0.25) is 9.80 Å². The second kappa shape index (κ2) is 18.1. The van der Waals surface area contributed by atoms with Crippen LogP contribution in [0.25, 0.3) is 0 Å². The molecule has 1 aliphatic carbocycles. The molecule has 2 aromatic heterocycles. The standard InChI is InChI=1S/C19H28N4OS.C18H24N4OS/c1-3-4-8-18-20-19(25-21-18)23-13-11-22(12-14-23)10-9-16-6-5-7-17(15-16)24-2;1-23-16-4-2-3-14(13-16)7-8-21-9-11-22(12-10-21)18-19-17(20-24-18)15-5-6-15/h5-7,15H,3-4,8-14H2,1-2H3;2-4,13,15H,5-12H2,1H3. The molecule has 12 heteroatoms. The zero-order chi connectivity index (χ0) is 33.8. The lowest BCUT2D eigenvalue weighted by Crippen LogP contribution is -2.47. The monoisotopic (exact) mass is 704 g/mol. The average Bonchev–Trinajstić information content (AvgIpc) is 3.69. The van der Waals surface area contributed by atoms with Crippen molar-refractivity contribution in [2.45, 2.75) is 57.8 Å². The molecule has 0 spiro atoms. The fourth-order valence-corrected chi connectivity index (χ4v) is 7.79. The average molecular weight is 705 g/mol. The topological polar surface area (TPSA) is 83.0 Å². The number of piperazine rings is 2.